The SMILES string of the molecule is CCc1occc1C(=O)N(CC)Cc1cccc(N)c1. The van der Waals surface area contributed by atoms with E-state index in [0.29, 0.717) is 30.8 Å². The number of rotatable bonds is 5. The number of anilines is 1. The van der Waals surface area contributed by atoms with Crippen LogP contribution in [0.3, 0.4) is 0 Å². The minimum atomic E-state index is 0.000486. The summed E-state index contributed by atoms with van der Waals surface area (Å²) >= 11 is 0. The highest BCUT2D eigenvalue weighted by molar-refractivity contribution is 5.95. The van der Waals surface area contributed by atoms with Gasteiger partial charge in [-0.3, -0.25) is 4.79 Å². The third-order valence-corrected chi connectivity index (χ3v) is 3.29. The van der Waals surface area contributed by atoms with Crippen LogP contribution in [-0.4, -0.2) is 17.4 Å². The van der Waals surface area contributed by atoms with Crippen molar-refractivity contribution in [3.8, 4) is 0 Å². The van der Waals surface area contributed by atoms with Crippen molar-refractivity contribution in [2.45, 2.75) is 26.8 Å². The fourth-order valence-corrected chi connectivity index (χ4v) is 2.21. The Morgan fingerprint density at radius 2 is 2.10 bits per heavy atom. The summed E-state index contributed by atoms with van der Waals surface area (Å²) in [6.07, 6.45) is 2.28. The highest BCUT2D eigenvalue weighted by atomic mass is 16.3. The number of nitrogens with two attached hydrogens (primary N) is 1. The molecule has 0 aliphatic carbocycles. The lowest BCUT2D eigenvalue weighted by Crippen LogP contribution is -2.30. The van der Waals surface area contributed by atoms with E-state index in [0.717, 1.165) is 11.3 Å². The second-order valence-electron chi connectivity index (χ2n) is 4.68. The predicted molar refractivity (Wildman–Crippen MR) is 79.4 cm³/mol. The fraction of sp³-hybridized carbons (Fsp3) is 0.312. The van der Waals surface area contributed by atoms with E-state index in [-0.39, 0.29) is 5.91 Å². The van der Waals surface area contributed by atoms with Gasteiger partial charge in [0.2, 0.25) is 0 Å². The number of aryl methyl sites for hydroxylation is 1. The summed E-state index contributed by atoms with van der Waals surface area (Å²) in [4.78, 5) is 14.3. The lowest BCUT2D eigenvalue weighted by molar-refractivity contribution is 0.0750. The van der Waals surface area contributed by atoms with Crippen molar-refractivity contribution in [2.24, 2.45) is 0 Å². The van der Waals surface area contributed by atoms with Crippen molar-refractivity contribution in [3.63, 3.8) is 0 Å². The Hall–Kier alpha value is -2.23. The number of furan rings is 1. The standard InChI is InChI=1S/C16H20N2O2/c1-3-15-14(8-9-20-15)16(19)18(4-2)11-12-6-5-7-13(17)10-12/h5-10H,3-4,11,17H2,1-2H3. The van der Waals surface area contributed by atoms with Gasteiger partial charge in [-0.05, 0) is 30.7 Å². The van der Waals surface area contributed by atoms with Crippen molar-refractivity contribution in [1.29, 1.82) is 0 Å². The van der Waals surface area contributed by atoms with Crippen LogP contribution < -0.4 is 5.73 Å². The van der Waals surface area contributed by atoms with Crippen LogP contribution in [0.4, 0.5) is 5.69 Å². The van der Waals surface area contributed by atoms with E-state index in [1.807, 2.05) is 38.1 Å². The summed E-state index contributed by atoms with van der Waals surface area (Å²) in [5.41, 5.74) is 8.17. The number of carbonyl (C=O) groups excluding carboxylic acids is 1. The van der Waals surface area contributed by atoms with Gasteiger partial charge >= 0.3 is 0 Å². The Morgan fingerprint density at radius 1 is 1.30 bits per heavy atom. The van der Waals surface area contributed by atoms with Crippen LogP contribution in [0.25, 0.3) is 0 Å². The number of nitrogens with zero attached hydrogens (tertiary/aromatic N) is 1. The molecule has 106 valence electrons. The van der Waals surface area contributed by atoms with Crippen molar-refractivity contribution in [1.82, 2.24) is 4.90 Å². The Balaban J connectivity index is 2.18. The average molecular weight is 272 g/mol. The molecule has 20 heavy (non-hydrogen) atoms. The topological polar surface area (TPSA) is 59.5 Å². The molecule has 1 aromatic heterocycles. The van der Waals surface area contributed by atoms with Crippen molar-refractivity contribution in [3.05, 3.63) is 53.5 Å². The Labute approximate surface area is 119 Å². The van der Waals surface area contributed by atoms with Crippen LogP contribution in [0.1, 0.15) is 35.5 Å². The number of nitrogen functional groups attached to an aromatic ring is 1. The summed E-state index contributed by atoms with van der Waals surface area (Å²) in [6, 6.07) is 9.35. The minimum absolute atomic E-state index is 0.000486. The van der Waals surface area contributed by atoms with Gasteiger partial charge in [-0.15, -0.1) is 0 Å². The lowest BCUT2D eigenvalue weighted by atomic mass is 10.1. The smallest absolute Gasteiger partial charge is 0.257 e. The summed E-state index contributed by atoms with van der Waals surface area (Å²) in [5.74, 6) is 0.738. The van der Waals surface area contributed by atoms with Gasteiger partial charge in [0.05, 0.1) is 11.8 Å². The number of benzene rings is 1. The third-order valence-electron chi connectivity index (χ3n) is 3.29. The Bertz CT molecular complexity index is 590. The number of hydrogen-bond acceptors (Lipinski definition) is 3. The largest absolute Gasteiger partial charge is 0.469 e. The summed E-state index contributed by atoms with van der Waals surface area (Å²) < 4.78 is 5.33. The summed E-state index contributed by atoms with van der Waals surface area (Å²) in [6.45, 7) is 5.14. The first kappa shape index (κ1) is 14.2. The first-order valence-corrected chi connectivity index (χ1v) is 6.85. The molecule has 0 saturated heterocycles. The fourth-order valence-electron chi connectivity index (χ4n) is 2.21. The van der Waals surface area contributed by atoms with Crippen LogP contribution >= 0.6 is 0 Å². The molecule has 1 aromatic carbocycles. The molecule has 0 spiro atoms. The zero-order valence-electron chi connectivity index (χ0n) is 11.9. The molecule has 1 amide bonds. The van der Waals surface area contributed by atoms with Crippen molar-refractivity contribution >= 4 is 11.6 Å². The molecule has 0 aliphatic rings. The minimum Gasteiger partial charge on any atom is -0.469 e. The zero-order chi connectivity index (χ0) is 14.5. The van der Waals surface area contributed by atoms with E-state index in [1.54, 1.807) is 17.2 Å². The number of carbonyl (C=O) groups is 1. The normalized spacial score (nSPS) is 10.5. The quantitative estimate of drug-likeness (QED) is 0.851. The number of hydrogen-bond donors (Lipinski definition) is 1. The maximum atomic E-state index is 12.5. The van der Waals surface area contributed by atoms with Gasteiger partial charge in [-0.1, -0.05) is 19.1 Å². The Kier molecular flexibility index (Phi) is 4.45. The molecule has 2 rings (SSSR count). The number of amides is 1. The van der Waals surface area contributed by atoms with Gasteiger partial charge in [-0.2, -0.15) is 0 Å². The van der Waals surface area contributed by atoms with Gasteiger partial charge in [0.1, 0.15) is 5.76 Å². The van der Waals surface area contributed by atoms with Crippen molar-refractivity contribution in [2.75, 3.05) is 12.3 Å². The first-order valence-electron chi connectivity index (χ1n) is 6.85. The van der Waals surface area contributed by atoms with Crippen LogP contribution in [0.5, 0.6) is 0 Å². The van der Waals surface area contributed by atoms with Crippen molar-refractivity contribution < 1.29 is 9.21 Å². The molecule has 0 aliphatic heterocycles. The van der Waals surface area contributed by atoms with Gasteiger partial charge in [0.25, 0.3) is 5.91 Å². The van der Waals surface area contributed by atoms with E-state index in [4.69, 9.17) is 10.2 Å². The molecule has 2 aromatic rings. The first-order chi connectivity index (χ1) is 9.65. The highest BCUT2D eigenvalue weighted by Crippen LogP contribution is 2.16. The summed E-state index contributed by atoms with van der Waals surface area (Å²) in [7, 11) is 0. The molecular weight excluding hydrogens is 252 g/mol. The maximum Gasteiger partial charge on any atom is 0.257 e. The monoisotopic (exact) mass is 272 g/mol. The van der Waals surface area contributed by atoms with E-state index < -0.39 is 0 Å². The van der Waals surface area contributed by atoms with E-state index in [1.165, 1.54) is 0 Å². The van der Waals surface area contributed by atoms with E-state index >= 15 is 0 Å². The molecule has 0 radical (unpaired) electrons. The van der Waals surface area contributed by atoms with Crippen LogP contribution in [-0.2, 0) is 13.0 Å². The second kappa shape index (κ2) is 6.28. The van der Waals surface area contributed by atoms with Gasteiger partial charge in [-0.25, -0.2) is 0 Å². The third kappa shape index (κ3) is 3.02. The summed E-state index contributed by atoms with van der Waals surface area (Å²) in [5, 5.41) is 0. The van der Waals surface area contributed by atoms with Crippen LogP contribution in [0, 0.1) is 0 Å². The molecule has 1 heterocycles. The predicted octanol–water partition coefficient (Wildman–Crippen LogP) is 3.09. The maximum absolute atomic E-state index is 12.5. The lowest BCUT2D eigenvalue weighted by Gasteiger charge is -2.21. The molecule has 0 unspecified atom stereocenters. The molecule has 4 nitrogen and oxygen atoms in total. The van der Waals surface area contributed by atoms with Gasteiger partial charge < -0.3 is 15.1 Å². The molecule has 4 heteroatoms. The average Bonchev–Trinajstić information content (AvgIpc) is 2.92. The van der Waals surface area contributed by atoms with Gasteiger partial charge in [0, 0.05) is 25.2 Å². The highest BCUT2D eigenvalue weighted by Gasteiger charge is 2.19. The molecule has 2 N–H and O–H groups in total. The Morgan fingerprint density at radius 3 is 2.75 bits per heavy atom. The van der Waals surface area contributed by atoms with Crippen LogP contribution in [0.2, 0.25) is 0 Å². The van der Waals surface area contributed by atoms with E-state index in [9.17, 15) is 4.79 Å². The van der Waals surface area contributed by atoms with E-state index in [2.05, 4.69) is 0 Å². The molecule has 0 fully saturated rings. The molecule has 0 atom stereocenters. The van der Waals surface area contributed by atoms with Crippen LogP contribution in [0.15, 0.2) is 41.0 Å². The van der Waals surface area contributed by atoms with Gasteiger partial charge in [0.15, 0.2) is 0 Å². The zero-order valence-corrected chi connectivity index (χ0v) is 11.9. The molecular formula is C16H20N2O2. The second-order valence-corrected chi connectivity index (χ2v) is 4.68. The molecule has 0 bridgehead atoms. The molecule has 0 saturated carbocycles.